The number of pyridine rings is 1. The maximum absolute atomic E-state index is 12.2. The van der Waals surface area contributed by atoms with Crippen LogP contribution < -0.4 is 5.32 Å². The lowest BCUT2D eigenvalue weighted by atomic mass is 10.0. The van der Waals surface area contributed by atoms with Gasteiger partial charge in [0.2, 0.25) is 0 Å². The molecule has 118 valence electrons. The normalized spacial score (nSPS) is 13.6. The fraction of sp³-hybridized carbons (Fsp3) is 0.412. The van der Waals surface area contributed by atoms with Crippen LogP contribution in [0.15, 0.2) is 34.9 Å². The molecule has 2 heterocycles. The molecule has 0 aliphatic rings. The number of rotatable bonds is 6. The van der Waals surface area contributed by atoms with Crippen LogP contribution in [0.5, 0.6) is 0 Å². The molecule has 1 amide bonds. The predicted molar refractivity (Wildman–Crippen MR) is 84.5 cm³/mol. The van der Waals surface area contributed by atoms with E-state index in [-0.39, 0.29) is 17.9 Å². The molecule has 2 atom stereocenters. The molecule has 2 aromatic rings. The zero-order chi connectivity index (χ0) is 16.1. The maximum atomic E-state index is 12.2. The number of hydrogen-bond acceptors (Lipinski definition) is 4. The van der Waals surface area contributed by atoms with Crippen molar-refractivity contribution in [2.24, 2.45) is 5.92 Å². The van der Waals surface area contributed by atoms with E-state index in [4.69, 9.17) is 4.42 Å². The largest absolute Gasteiger partial charge is 0.463 e. The molecule has 5 heteroatoms. The van der Waals surface area contributed by atoms with Crippen LogP contribution in [-0.2, 0) is 0 Å². The molecule has 0 aliphatic heterocycles. The third kappa shape index (κ3) is 4.18. The van der Waals surface area contributed by atoms with Crippen LogP contribution in [0.1, 0.15) is 36.3 Å². The van der Waals surface area contributed by atoms with Crippen LogP contribution in [0.3, 0.4) is 0 Å². The van der Waals surface area contributed by atoms with Crippen molar-refractivity contribution in [2.75, 3.05) is 6.54 Å². The van der Waals surface area contributed by atoms with Gasteiger partial charge in [-0.1, -0.05) is 6.92 Å². The number of hydrogen-bond donors (Lipinski definition) is 2. The minimum Gasteiger partial charge on any atom is -0.463 e. The van der Waals surface area contributed by atoms with Gasteiger partial charge in [-0.15, -0.1) is 0 Å². The van der Waals surface area contributed by atoms with Crippen molar-refractivity contribution >= 4 is 5.91 Å². The summed E-state index contributed by atoms with van der Waals surface area (Å²) in [6, 6.07) is 7.17. The Kier molecular flexibility index (Phi) is 5.33. The number of aliphatic hydroxyl groups is 1. The van der Waals surface area contributed by atoms with Crippen molar-refractivity contribution in [3.8, 4) is 11.5 Å². The second kappa shape index (κ2) is 7.22. The van der Waals surface area contributed by atoms with Gasteiger partial charge in [0.05, 0.1) is 23.6 Å². The monoisotopic (exact) mass is 302 g/mol. The second-order valence-corrected chi connectivity index (χ2v) is 5.71. The molecule has 0 aromatic carbocycles. The van der Waals surface area contributed by atoms with Gasteiger partial charge in [0, 0.05) is 6.54 Å². The van der Waals surface area contributed by atoms with Crippen LogP contribution in [0, 0.1) is 12.8 Å². The van der Waals surface area contributed by atoms with Crippen molar-refractivity contribution in [3.63, 3.8) is 0 Å². The summed E-state index contributed by atoms with van der Waals surface area (Å²) in [6.45, 7) is 6.08. The van der Waals surface area contributed by atoms with E-state index in [9.17, 15) is 9.90 Å². The van der Waals surface area contributed by atoms with E-state index < -0.39 is 0 Å². The highest BCUT2D eigenvalue weighted by Crippen LogP contribution is 2.19. The van der Waals surface area contributed by atoms with E-state index in [1.54, 1.807) is 38.3 Å². The van der Waals surface area contributed by atoms with Crippen LogP contribution in [-0.4, -0.2) is 28.6 Å². The summed E-state index contributed by atoms with van der Waals surface area (Å²) < 4.78 is 5.30. The highest BCUT2D eigenvalue weighted by atomic mass is 16.3. The van der Waals surface area contributed by atoms with Crippen LogP contribution in [0.25, 0.3) is 11.5 Å². The fourth-order valence-electron chi connectivity index (χ4n) is 2.39. The quantitative estimate of drug-likeness (QED) is 0.860. The Morgan fingerprint density at radius 3 is 2.73 bits per heavy atom. The van der Waals surface area contributed by atoms with Crippen molar-refractivity contribution in [2.45, 2.75) is 33.3 Å². The summed E-state index contributed by atoms with van der Waals surface area (Å²) in [5.74, 6) is 0.758. The molecule has 2 rings (SSSR count). The second-order valence-electron chi connectivity index (χ2n) is 5.71. The lowest BCUT2D eigenvalue weighted by molar-refractivity contribution is 0.0938. The number of nitrogens with one attached hydrogen (secondary N) is 1. The lowest BCUT2D eigenvalue weighted by Gasteiger charge is -2.14. The predicted octanol–water partition coefficient (Wildman–Crippen LogP) is 2.79. The summed E-state index contributed by atoms with van der Waals surface area (Å²) in [7, 11) is 0. The fourth-order valence-corrected chi connectivity index (χ4v) is 2.39. The molecule has 0 saturated heterocycles. The molecule has 2 aromatic heterocycles. The average molecular weight is 302 g/mol. The Labute approximate surface area is 130 Å². The van der Waals surface area contributed by atoms with E-state index in [0.29, 0.717) is 35.7 Å². The molecule has 22 heavy (non-hydrogen) atoms. The zero-order valence-corrected chi connectivity index (χ0v) is 13.2. The highest BCUT2D eigenvalue weighted by molar-refractivity contribution is 5.95. The van der Waals surface area contributed by atoms with Crippen LogP contribution >= 0.6 is 0 Å². The molecule has 0 saturated carbocycles. The molecule has 5 nitrogen and oxygen atoms in total. The number of carbonyl (C=O) groups excluding carboxylic acids is 1. The number of aromatic nitrogens is 1. The zero-order valence-electron chi connectivity index (χ0n) is 13.2. The van der Waals surface area contributed by atoms with Crippen molar-refractivity contribution in [3.05, 3.63) is 41.8 Å². The van der Waals surface area contributed by atoms with Crippen LogP contribution in [0.4, 0.5) is 0 Å². The molecule has 0 radical (unpaired) electrons. The number of furan rings is 1. The summed E-state index contributed by atoms with van der Waals surface area (Å²) >= 11 is 0. The first-order valence-corrected chi connectivity index (χ1v) is 7.45. The van der Waals surface area contributed by atoms with E-state index >= 15 is 0 Å². The van der Waals surface area contributed by atoms with Gasteiger partial charge >= 0.3 is 0 Å². The number of carbonyl (C=O) groups is 1. The first-order valence-electron chi connectivity index (χ1n) is 7.45. The van der Waals surface area contributed by atoms with Crippen molar-refractivity contribution in [1.29, 1.82) is 0 Å². The summed E-state index contributed by atoms with van der Waals surface area (Å²) in [5.41, 5.74) is 1.93. The third-order valence-electron chi connectivity index (χ3n) is 3.46. The van der Waals surface area contributed by atoms with Gasteiger partial charge < -0.3 is 14.8 Å². The highest BCUT2D eigenvalue weighted by Gasteiger charge is 2.14. The van der Waals surface area contributed by atoms with Gasteiger partial charge in [-0.2, -0.15) is 0 Å². The number of nitrogens with zero attached hydrogens (tertiary/aromatic N) is 1. The molecule has 2 unspecified atom stereocenters. The van der Waals surface area contributed by atoms with Gasteiger partial charge in [0.15, 0.2) is 5.76 Å². The Balaban J connectivity index is 2.01. The Morgan fingerprint density at radius 2 is 2.14 bits per heavy atom. The van der Waals surface area contributed by atoms with Gasteiger partial charge in [-0.05, 0) is 50.5 Å². The number of amides is 1. The van der Waals surface area contributed by atoms with Crippen molar-refractivity contribution in [1.82, 2.24) is 10.3 Å². The Bertz CT molecular complexity index is 621. The van der Waals surface area contributed by atoms with E-state index in [1.807, 2.05) is 13.0 Å². The standard InChI is InChI=1S/C17H22N2O3/c1-11(9-12(2)20)10-18-17(21)14-6-7-15(19-13(14)3)16-5-4-8-22-16/h4-8,11-12,20H,9-10H2,1-3H3,(H,18,21). The van der Waals surface area contributed by atoms with Crippen LogP contribution in [0.2, 0.25) is 0 Å². The molecule has 0 bridgehead atoms. The van der Waals surface area contributed by atoms with Gasteiger partial charge in [-0.25, -0.2) is 4.98 Å². The molecule has 0 fully saturated rings. The lowest BCUT2D eigenvalue weighted by Crippen LogP contribution is -2.30. The first kappa shape index (κ1) is 16.2. The number of aliphatic hydroxyl groups excluding tert-OH is 1. The Morgan fingerprint density at radius 1 is 1.36 bits per heavy atom. The molecule has 0 spiro atoms. The molecule has 2 N–H and O–H groups in total. The smallest absolute Gasteiger partial charge is 0.253 e. The topological polar surface area (TPSA) is 75.4 Å². The average Bonchev–Trinajstić information content (AvgIpc) is 2.98. The van der Waals surface area contributed by atoms with E-state index in [0.717, 1.165) is 0 Å². The maximum Gasteiger partial charge on any atom is 0.253 e. The van der Waals surface area contributed by atoms with Gasteiger partial charge in [-0.3, -0.25) is 4.79 Å². The summed E-state index contributed by atoms with van der Waals surface area (Å²) in [4.78, 5) is 16.6. The van der Waals surface area contributed by atoms with E-state index in [2.05, 4.69) is 10.3 Å². The minimum absolute atomic E-state index is 0.145. The molecular weight excluding hydrogens is 280 g/mol. The molecule has 0 aliphatic carbocycles. The minimum atomic E-state index is -0.358. The molecular formula is C17H22N2O3. The SMILES string of the molecule is Cc1nc(-c2ccco2)ccc1C(=O)NCC(C)CC(C)O. The van der Waals surface area contributed by atoms with E-state index in [1.165, 1.54) is 0 Å². The van der Waals surface area contributed by atoms with Gasteiger partial charge in [0.25, 0.3) is 5.91 Å². The summed E-state index contributed by atoms with van der Waals surface area (Å²) in [5, 5.41) is 12.2. The third-order valence-corrected chi connectivity index (χ3v) is 3.46. The number of aryl methyl sites for hydroxylation is 1. The van der Waals surface area contributed by atoms with Crippen molar-refractivity contribution < 1.29 is 14.3 Å². The first-order chi connectivity index (χ1) is 10.5. The van der Waals surface area contributed by atoms with Gasteiger partial charge in [0.1, 0.15) is 5.69 Å². The Hall–Kier alpha value is -2.14. The summed E-state index contributed by atoms with van der Waals surface area (Å²) in [6.07, 6.45) is 1.90.